The molecule has 1 aromatic heterocycles. The molecule has 0 bridgehead atoms. The maximum Gasteiger partial charge on any atom is 0.240 e. The van der Waals surface area contributed by atoms with Crippen LogP contribution in [0.2, 0.25) is 0 Å². The van der Waals surface area contributed by atoms with Gasteiger partial charge < -0.3 is 5.32 Å². The monoisotopic (exact) mass is 311 g/mol. The second-order valence-electron chi connectivity index (χ2n) is 5.64. The Bertz CT molecular complexity index is 540. The van der Waals surface area contributed by atoms with E-state index in [9.17, 15) is 8.42 Å². The van der Waals surface area contributed by atoms with Crippen molar-refractivity contribution in [2.75, 3.05) is 18.4 Å². The highest BCUT2D eigenvalue weighted by molar-refractivity contribution is 7.89. The average Bonchev–Trinajstić information content (AvgIpc) is 2.98. The molecule has 1 aromatic rings. The van der Waals surface area contributed by atoms with Gasteiger partial charge in [0.15, 0.2) is 0 Å². The van der Waals surface area contributed by atoms with E-state index in [4.69, 9.17) is 0 Å². The molecule has 1 aliphatic rings. The molecular formula is C15H25N3O2S. The minimum atomic E-state index is -3.43. The van der Waals surface area contributed by atoms with Gasteiger partial charge in [-0.3, -0.25) is 0 Å². The first-order valence-corrected chi connectivity index (χ1v) is 9.29. The van der Waals surface area contributed by atoms with Crippen LogP contribution in [0.5, 0.6) is 0 Å². The average molecular weight is 311 g/mol. The van der Waals surface area contributed by atoms with Crippen LogP contribution in [-0.4, -0.2) is 26.5 Å². The van der Waals surface area contributed by atoms with Crippen molar-refractivity contribution in [2.45, 2.75) is 50.3 Å². The summed E-state index contributed by atoms with van der Waals surface area (Å²) in [6.45, 7) is 3.36. The molecule has 1 aliphatic carbocycles. The molecule has 2 N–H and O–H groups in total. The Labute approximate surface area is 127 Å². The van der Waals surface area contributed by atoms with Gasteiger partial charge in [-0.2, -0.15) is 0 Å². The number of sulfonamides is 1. The van der Waals surface area contributed by atoms with Crippen LogP contribution in [-0.2, 0) is 10.0 Å². The third-order valence-electron chi connectivity index (χ3n) is 3.92. The molecule has 0 radical (unpaired) electrons. The van der Waals surface area contributed by atoms with Crippen molar-refractivity contribution >= 4 is 15.8 Å². The molecule has 0 atom stereocenters. The van der Waals surface area contributed by atoms with Crippen molar-refractivity contribution in [3.8, 4) is 0 Å². The van der Waals surface area contributed by atoms with Crippen LogP contribution < -0.4 is 10.0 Å². The second-order valence-corrected chi connectivity index (χ2v) is 7.41. The maximum absolute atomic E-state index is 12.3. The predicted octanol–water partition coefficient (Wildman–Crippen LogP) is 2.76. The molecular weight excluding hydrogens is 286 g/mol. The fraction of sp³-hybridized carbons (Fsp3) is 0.667. The molecule has 1 heterocycles. The molecule has 0 saturated heterocycles. The van der Waals surface area contributed by atoms with Gasteiger partial charge in [0, 0.05) is 25.4 Å². The van der Waals surface area contributed by atoms with Gasteiger partial charge in [-0.25, -0.2) is 18.1 Å². The largest absolute Gasteiger partial charge is 0.370 e. The molecule has 0 spiro atoms. The number of hydrogen-bond acceptors (Lipinski definition) is 4. The lowest BCUT2D eigenvalue weighted by Gasteiger charge is -2.11. The van der Waals surface area contributed by atoms with Gasteiger partial charge in [0.25, 0.3) is 0 Å². The summed E-state index contributed by atoms with van der Waals surface area (Å²) in [5.74, 6) is 1.29. The van der Waals surface area contributed by atoms with E-state index < -0.39 is 10.0 Å². The Balaban J connectivity index is 1.91. The molecule has 2 rings (SSSR count). The van der Waals surface area contributed by atoms with Gasteiger partial charge in [-0.05, 0) is 24.8 Å². The number of aromatic nitrogens is 1. The Morgan fingerprint density at radius 2 is 2.05 bits per heavy atom. The van der Waals surface area contributed by atoms with E-state index in [2.05, 4.69) is 21.9 Å². The van der Waals surface area contributed by atoms with E-state index in [0.717, 1.165) is 19.4 Å². The van der Waals surface area contributed by atoms with Gasteiger partial charge in [-0.1, -0.05) is 32.6 Å². The highest BCUT2D eigenvalue weighted by Gasteiger charge is 2.18. The lowest BCUT2D eigenvalue weighted by Crippen LogP contribution is -2.26. The SMILES string of the molecule is CCCNc1cc(S(=O)(=O)NCCC2CCCC2)ccn1. The first-order chi connectivity index (χ1) is 10.1. The molecule has 1 saturated carbocycles. The van der Waals surface area contributed by atoms with Crippen LogP contribution in [0.3, 0.4) is 0 Å². The Morgan fingerprint density at radius 3 is 2.76 bits per heavy atom. The van der Waals surface area contributed by atoms with E-state index >= 15 is 0 Å². The molecule has 118 valence electrons. The zero-order valence-electron chi connectivity index (χ0n) is 12.6. The number of nitrogens with one attached hydrogen (secondary N) is 2. The van der Waals surface area contributed by atoms with E-state index in [1.165, 1.54) is 37.9 Å². The quantitative estimate of drug-likeness (QED) is 0.774. The summed E-state index contributed by atoms with van der Waals surface area (Å²) in [6, 6.07) is 3.13. The molecule has 0 aliphatic heterocycles. The lowest BCUT2D eigenvalue weighted by molar-refractivity contribution is 0.495. The van der Waals surface area contributed by atoms with E-state index in [-0.39, 0.29) is 4.90 Å². The van der Waals surface area contributed by atoms with Crippen molar-refractivity contribution in [3.05, 3.63) is 18.3 Å². The summed E-state index contributed by atoms with van der Waals surface area (Å²) in [4.78, 5) is 4.41. The normalized spacial score (nSPS) is 16.2. The molecule has 6 heteroatoms. The third-order valence-corrected chi connectivity index (χ3v) is 5.38. The maximum atomic E-state index is 12.3. The number of pyridine rings is 1. The van der Waals surface area contributed by atoms with Gasteiger partial charge in [-0.15, -0.1) is 0 Å². The van der Waals surface area contributed by atoms with Crippen molar-refractivity contribution in [1.29, 1.82) is 0 Å². The number of rotatable bonds is 8. The summed E-state index contributed by atoms with van der Waals surface area (Å²) in [7, 11) is -3.43. The van der Waals surface area contributed by atoms with E-state index in [1.807, 2.05) is 0 Å². The third kappa shape index (κ3) is 4.97. The van der Waals surface area contributed by atoms with Crippen molar-refractivity contribution in [1.82, 2.24) is 9.71 Å². The molecule has 1 fully saturated rings. The molecule has 0 aromatic carbocycles. The van der Waals surface area contributed by atoms with Crippen LogP contribution in [0.15, 0.2) is 23.2 Å². The zero-order chi connectivity index (χ0) is 15.1. The van der Waals surface area contributed by atoms with Crippen molar-refractivity contribution < 1.29 is 8.42 Å². The fourth-order valence-electron chi connectivity index (χ4n) is 2.71. The van der Waals surface area contributed by atoms with Gasteiger partial charge in [0.1, 0.15) is 5.82 Å². The highest BCUT2D eigenvalue weighted by Crippen LogP contribution is 2.27. The molecule has 0 unspecified atom stereocenters. The van der Waals surface area contributed by atoms with Crippen LogP contribution in [0, 0.1) is 5.92 Å². The minimum Gasteiger partial charge on any atom is -0.370 e. The summed E-state index contributed by atoms with van der Waals surface area (Å²) in [6.07, 6.45) is 8.49. The van der Waals surface area contributed by atoms with Crippen LogP contribution in [0.4, 0.5) is 5.82 Å². The number of nitrogens with zero attached hydrogens (tertiary/aromatic N) is 1. The summed E-state index contributed by atoms with van der Waals surface area (Å²) in [5, 5.41) is 3.10. The zero-order valence-corrected chi connectivity index (χ0v) is 13.5. The van der Waals surface area contributed by atoms with E-state index in [0.29, 0.717) is 18.3 Å². The standard InChI is InChI=1S/C15H25N3O2S/c1-2-9-16-15-12-14(8-10-17-15)21(19,20)18-11-7-13-5-3-4-6-13/h8,10,12-13,18H,2-7,9,11H2,1H3,(H,16,17). The van der Waals surface area contributed by atoms with Gasteiger partial charge >= 0.3 is 0 Å². The van der Waals surface area contributed by atoms with Crippen molar-refractivity contribution in [3.63, 3.8) is 0 Å². The first-order valence-electron chi connectivity index (χ1n) is 7.81. The minimum absolute atomic E-state index is 0.280. The Hall–Kier alpha value is -1.14. The fourth-order valence-corrected chi connectivity index (χ4v) is 3.77. The van der Waals surface area contributed by atoms with Crippen LogP contribution in [0.1, 0.15) is 45.4 Å². The van der Waals surface area contributed by atoms with E-state index in [1.54, 1.807) is 6.07 Å². The van der Waals surface area contributed by atoms with Crippen LogP contribution >= 0.6 is 0 Å². The summed E-state index contributed by atoms with van der Waals surface area (Å²) >= 11 is 0. The topological polar surface area (TPSA) is 71.1 Å². The van der Waals surface area contributed by atoms with Gasteiger partial charge in [0.05, 0.1) is 4.90 Å². The summed E-state index contributed by atoms with van der Waals surface area (Å²) < 4.78 is 27.2. The summed E-state index contributed by atoms with van der Waals surface area (Å²) in [5.41, 5.74) is 0. The predicted molar refractivity (Wildman–Crippen MR) is 84.8 cm³/mol. The smallest absolute Gasteiger partial charge is 0.240 e. The molecule has 0 amide bonds. The lowest BCUT2D eigenvalue weighted by atomic mass is 10.1. The first kappa shape index (κ1) is 16.2. The van der Waals surface area contributed by atoms with Crippen LogP contribution in [0.25, 0.3) is 0 Å². The number of anilines is 1. The second kappa shape index (κ2) is 7.75. The van der Waals surface area contributed by atoms with Gasteiger partial charge in [0.2, 0.25) is 10.0 Å². The Kier molecular flexibility index (Phi) is 5.99. The molecule has 21 heavy (non-hydrogen) atoms. The number of hydrogen-bond donors (Lipinski definition) is 2. The Morgan fingerprint density at radius 1 is 1.29 bits per heavy atom. The van der Waals surface area contributed by atoms with Crippen molar-refractivity contribution in [2.24, 2.45) is 5.92 Å². The highest BCUT2D eigenvalue weighted by atomic mass is 32.2. The molecule has 5 nitrogen and oxygen atoms in total.